The van der Waals surface area contributed by atoms with E-state index in [9.17, 15) is 4.79 Å². The van der Waals surface area contributed by atoms with Crippen LogP contribution in [0.1, 0.15) is 19.8 Å². The normalized spacial score (nSPS) is 19.4. The third-order valence-corrected chi connectivity index (χ3v) is 3.80. The molecule has 0 aromatic carbocycles. The van der Waals surface area contributed by atoms with Crippen LogP contribution >= 0.6 is 11.8 Å². The molecule has 1 aliphatic rings. The van der Waals surface area contributed by atoms with Crippen molar-refractivity contribution in [2.75, 3.05) is 31.3 Å². The standard InChI is InChI=1S/C11H21NO3S/c1-9(6-13)7-16-8-11(14)12-10-2-4-15-5-3-10/h9-10,13H,2-8H2,1H3,(H,12,14). The number of rotatable bonds is 6. The number of amides is 1. The number of ether oxygens (including phenoxy) is 1. The number of hydrogen-bond donors (Lipinski definition) is 2. The van der Waals surface area contributed by atoms with E-state index in [0.717, 1.165) is 31.8 Å². The van der Waals surface area contributed by atoms with E-state index in [-0.39, 0.29) is 24.5 Å². The predicted octanol–water partition coefficient (Wildman–Crippen LogP) is 0.643. The summed E-state index contributed by atoms with van der Waals surface area (Å²) in [5, 5.41) is 11.8. The smallest absolute Gasteiger partial charge is 0.230 e. The lowest BCUT2D eigenvalue weighted by molar-refractivity contribution is -0.119. The molecule has 0 aliphatic carbocycles. The van der Waals surface area contributed by atoms with Crippen molar-refractivity contribution < 1.29 is 14.6 Å². The van der Waals surface area contributed by atoms with Crippen LogP contribution in [-0.4, -0.2) is 48.4 Å². The minimum Gasteiger partial charge on any atom is -0.396 e. The van der Waals surface area contributed by atoms with Gasteiger partial charge in [-0.2, -0.15) is 11.8 Å². The van der Waals surface area contributed by atoms with Gasteiger partial charge in [-0.1, -0.05) is 6.92 Å². The molecule has 1 amide bonds. The topological polar surface area (TPSA) is 58.6 Å². The molecule has 0 saturated carbocycles. The number of thioether (sulfide) groups is 1. The van der Waals surface area contributed by atoms with Crippen molar-refractivity contribution in [2.24, 2.45) is 5.92 Å². The maximum Gasteiger partial charge on any atom is 0.230 e. The Morgan fingerprint density at radius 1 is 1.56 bits per heavy atom. The van der Waals surface area contributed by atoms with Gasteiger partial charge in [-0.3, -0.25) is 4.79 Å². The van der Waals surface area contributed by atoms with E-state index in [1.165, 1.54) is 0 Å². The Kier molecular flexibility index (Phi) is 6.84. The number of hydrogen-bond acceptors (Lipinski definition) is 4. The average molecular weight is 247 g/mol. The Balaban J connectivity index is 2.05. The highest BCUT2D eigenvalue weighted by molar-refractivity contribution is 7.99. The molecule has 94 valence electrons. The first kappa shape index (κ1) is 13.8. The molecule has 0 aromatic heterocycles. The Hall–Kier alpha value is -0.260. The van der Waals surface area contributed by atoms with Gasteiger partial charge in [0.05, 0.1) is 5.75 Å². The summed E-state index contributed by atoms with van der Waals surface area (Å²) in [5.74, 6) is 1.68. The second kappa shape index (κ2) is 7.92. The first-order valence-electron chi connectivity index (χ1n) is 5.78. The average Bonchev–Trinajstić information content (AvgIpc) is 2.30. The second-order valence-corrected chi connectivity index (χ2v) is 5.29. The van der Waals surface area contributed by atoms with Gasteiger partial charge in [0.25, 0.3) is 0 Å². The van der Waals surface area contributed by atoms with Crippen LogP contribution < -0.4 is 5.32 Å². The second-order valence-electron chi connectivity index (χ2n) is 4.26. The molecule has 0 spiro atoms. The zero-order chi connectivity index (χ0) is 11.8. The largest absolute Gasteiger partial charge is 0.396 e. The van der Waals surface area contributed by atoms with Crippen molar-refractivity contribution in [2.45, 2.75) is 25.8 Å². The summed E-state index contributed by atoms with van der Waals surface area (Å²) in [6.45, 7) is 3.66. The first-order valence-corrected chi connectivity index (χ1v) is 6.93. The fourth-order valence-corrected chi connectivity index (χ4v) is 2.41. The third-order valence-electron chi connectivity index (χ3n) is 2.53. The van der Waals surface area contributed by atoms with Crippen molar-refractivity contribution in [1.29, 1.82) is 0 Å². The Morgan fingerprint density at radius 2 is 2.25 bits per heavy atom. The lowest BCUT2D eigenvalue weighted by Crippen LogP contribution is -2.39. The molecule has 1 saturated heterocycles. The highest BCUT2D eigenvalue weighted by Gasteiger charge is 2.15. The van der Waals surface area contributed by atoms with Crippen LogP contribution in [0, 0.1) is 5.92 Å². The van der Waals surface area contributed by atoms with Gasteiger partial charge in [0.1, 0.15) is 0 Å². The van der Waals surface area contributed by atoms with Crippen molar-refractivity contribution in [1.82, 2.24) is 5.32 Å². The molecule has 1 rings (SSSR count). The Bertz CT molecular complexity index is 207. The molecular formula is C11H21NO3S. The van der Waals surface area contributed by atoms with Crippen molar-refractivity contribution >= 4 is 17.7 Å². The van der Waals surface area contributed by atoms with Crippen LogP contribution in [0.15, 0.2) is 0 Å². The van der Waals surface area contributed by atoms with Gasteiger partial charge in [0.2, 0.25) is 5.91 Å². The summed E-state index contributed by atoms with van der Waals surface area (Å²) in [7, 11) is 0. The van der Waals surface area contributed by atoms with Gasteiger partial charge in [0, 0.05) is 25.9 Å². The number of carbonyl (C=O) groups excluding carboxylic acids is 1. The van der Waals surface area contributed by atoms with Crippen LogP contribution in [0.25, 0.3) is 0 Å². The van der Waals surface area contributed by atoms with Crippen LogP contribution in [-0.2, 0) is 9.53 Å². The predicted molar refractivity (Wildman–Crippen MR) is 65.6 cm³/mol. The monoisotopic (exact) mass is 247 g/mol. The highest BCUT2D eigenvalue weighted by Crippen LogP contribution is 2.09. The zero-order valence-electron chi connectivity index (χ0n) is 9.78. The minimum atomic E-state index is 0.0991. The molecule has 16 heavy (non-hydrogen) atoms. The van der Waals surface area contributed by atoms with Crippen LogP contribution in [0.2, 0.25) is 0 Å². The van der Waals surface area contributed by atoms with Crippen molar-refractivity contribution in [3.63, 3.8) is 0 Å². The fraction of sp³-hybridized carbons (Fsp3) is 0.909. The number of nitrogens with one attached hydrogen (secondary N) is 1. The van der Waals surface area contributed by atoms with Gasteiger partial charge < -0.3 is 15.2 Å². The quantitative estimate of drug-likeness (QED) is 0.723. The molecule has 1 unspecified atom stereocenters. The molecule has 1 aliphatic heterocycles. The van der Waals surface area contributed by atoms with Gasteiger partial charge in [-0.15, -0.1) is 0 Å². The molecule has 0 bridgehead atoms. The molecule has 4 nitrogen and oxygen atoms in total. The zero-order valence-corrected chi connectivity index (χ0v) is 10.6. The summed E-state index contributed by atoms with van der Waals surface area (Å²) in [6.07, 6.45) is 1.84. The van der Waals surface area contributed by atoms with Gasteiger partial charge in [-0.25, -0.2) is 0 Å². The molecule has 1 atom stereocenters. The van der Waals surface area contributed by atoms with E-state index in [2.05, 4.69) is 5.32 Å². The minimum absolute atomic E-state index is 0.0991. The van der Waals surface area contributed by atoms with Crippen molar-refractivity contribution in [3.8, 4) is 0 Å². The lowest BCUT2D eigenvalue weighted by atomic mass is 10.1. The van der Waals surface area contributed by atoms with Crippen LogP contribution in [0.4, 0.5) is 0 Å². The number of aliphatic hydroxyl groups excluding tert-OH is 1. The molecule has 1 heterocycles. The highest BCUT2D eigenvalue weighted by atomic mass is 32.2. The van der Waals surface area contributed by atoms with E-state index >= 15 is 0 Å². The van der Waals surface area contributed by atoms with E-state index in [4.69, 9.17) is 9.84 Å². The van der Waals surface area contributed by atoms with E-state index in [1.807, 2.05) is 6.92 Å². The summed E-state index contributed by atoms with van der Waals surface area (Å²) >= 11 is 1.58. The lowest BCUT2D eigenvalue weighted by Gasteiger charge is -2.23. The summed E-state index contributed by atoms with van der Waals surface area (Å²) in [4.78, 5) is 11.5. The molecule has 1 fully saturated rings. The van der Waals surface area contributed by atoms with E-state index in [0.29, 0.717) is 5.75 Å². The molecule has 0 radical (unpaired) electrons. The summed E-state index contributed by atoms with van der Waals surface area (Å²) in [6, 6.07) is 0.289. The SMILES string of the molecule is CC(CO)CSCC(=O)NC1CCOCC1. The van der Waals surface area contributed by atoms with Crippen LogP contribution in [0.5, 0.6) is 0 Å². The van der Waals surface area contributed by atoms with E-state index in [1.54, 1.807) is 11.8 Å². The summed E-state index contributed by atoms with van der Waals surface area (Å²) in [5.41, 5.74) is 0. The summed E-state index contributed by atoms with van der Waals surface area (Å²) < 4.78 is 5.22. The first-order chi connectivity index (χ1) is 7.72. The van der Waals surface area contributed by atoms with Crippen molar-refractivity contribution in [3.05, 3.63) is 0 Å². The maximum absolute atomic E-state index is 11.5. The molecule has 0 aromatic rings. The maximum atomic E-state index is 11.5. The third kappa shape index (κ3) is 5.72. The fourth-order valence-electron chi connectivity index (χ4n) is 1.52. The number of aliphatic hydroxyl groups is 1. The Morgan fingerprint density at radius 3 is 2.88 bits per heavy atom. The Labute approximate surface area is 101 Å². The van der Waals surface area contributed by atoms with Gasteiger partial charge in [-0.05, 0) is 24.5 Å². The number of carbonyl (C=O) groups is 1. The van der Waals surface area contributed by atoms with Gasteiger partial charge >= 0.3 is 0 Å². The van der Waals surface area contributed by atoms with Crippen LogP contribution in [0.3, 0.4) is 0 Å². The van der Waals surface area contributed by atoms with Gasteiger partial charge in [0.15, 0.2) is 0 Å². The molecular weight excluding hydrogens is 226 g/mol. The molecule has 2 N–H and O–H groups in total. The molecule has 5 heteroatoms. The van der Waals surface area contributed by atoms with E-state index < -0.39 is 0 Å².